The Bertz CT molecular complexity index is 1750. The van der Waals surface area contributed by atoms with Gasteiger partial charge in [0.25, 0.3) is 11.8 Å². The third-order valence-electron chi connectivity index (χ3n) is 9.80. The van der Waals surface area contributed by atoms with Crippen molar-refractivity contribution in [2.24, 2.45) is 5.92 Å². The Balaban J connectivity index is 1.33. The normalized spacial score (nSPS) is 24.5. The van der Waals surface area contributed by atoms with Gasteiger partial charge in [-0.15, -0.1) is 0 Å². The third kappa shape index (κ3) is 3.58. The molecule has 0 aromatic heterocycles. The number of hydrogen-bond acceptors (Lipinski definition) is 5. The minimum atomic E-state index is -2.25. The lowest BCUT2D eigenvalue weighted by Crippen LogP contribution is -2.51. The van der Waals surface area contributed by atoms with Crippen molar-refractivity contribution in [3.05, 3.63) is 90.0 Å². The number of fused-ring (bicyclic) bond motifs is 2. The van der Waals surface area contributed by atoms with Crippen molar-refractivity contribution in [1.29, 1.82) is 0 Å². The van der Waals surface area contributed by atoms with Gasteiger partial charge in [-0.05, 0) is 59.8 Å². The monoisotopic (exact) mass is 578 g/mol. The highest BCUT2D eigenvalue weighted by molar-refractivity contribution is 6.91. The number of aliphatic hydroxyl groups is 1. The molecule has 4 aromatic rings. The number of carbonyl (C=O) groups excluding carboxylic acids is 2. The molecule has 2 N–H and O–H groups in total. The summed E-state index contributed by atoms with van der Waals surface area (Å²) in [7, 11) is -0.594. The van der Waals surface area contributed by atoms with E-state index in [4.69, 9.17) is 9.47 Å². The fourth-order valence-corrected chi connectivity index (χ4v) is 11.9. The van der Waals surface area contributed by atoms with Crippen molar-refractivity contribution in [3.63, 3.8) is 0 Å². The van der Waals surface area contributed by atoms with Gasteiger partial charge in [0.05, 0.1) is 32.5 Å². The molecule has 1 spiro atoms. The molecule has 4 atom stereocenters. The van der Waals surface area contributed by atoms with Gasteiger partial charge in [0.15, 0.2) is 5.60 Å². The Hall–Kier alpha value is -3.98. The molecule has 0 radical (unpaired) electrons. The zero-order valence-electron chi connectivity index (χ0n) is 24.2. The highest BCUT2D eigenvalue weighted by Gasteiger charge is 2.64. The van der Waals surface area contributed by atoms with Crippen LogP contribution in [0.15, 0.2) is 78.9 Å². The van der Waals surface area contributed by atoms with E-state index in [2.05, 4.69) is 37.5 Å². The lowest BCUT2D eigenvalue weighted by molar-refractivity contribution is -0.143. The van der Waals surface area contributed by atoms with E-state index in [9.17, 15) is 14.7 Å². The zero-order valence-corrected chi connectivity index (χ0v) is 25.2. The molecule has 4 aromatic carbocycles. The standard InChI is InChI=1S/C34H34N2O5Si/c1-20-31(42(3,4)24-14-12-23(40-2)13-15-24)29(17-18-37)41-34(20)26-19-22(11-16-27(26)35-33(34)39)36-28-10-6-8-21-7-5-9-25(30(21)28)32(36)38/h5-16,19-20,29,31,37H,17-18H2,1-4H3,(H,35,39)/t20-,29+,31-,34+/m1/s1. The minimum Gasteiger partial charge on any atom is -0.497 e. The second-order valence-corrected chi connectivity index (χ2v) is 16.9. The van der Waals surface area contributed by atoms with Gasteiger partial charge in [-0.2, -0.15) is 0 Å². The first-order valence-corrected chi connectivity index (χ1v) is 17.6. The second-order valence-electron chi connectivity index (χ2n) is 12.2. The number of ether oxygens (including phenoxy) is 2. The fourth-order valence-electron chi connectivity index (χ4n) is 7.83. The molecule has 42 heavy (non-hydrogen) atoms. The summed E-state index contributed by atoms with van der Waals surface area (Å²) in [5.41, 5.74) is 2.47. The van der Waals surface area contributed by atoms with E-state index in [1.54, 1.807) is 12.0 Å². The molecule has 0 saturated carbocycles. The molecular formula is C34H34N2O5Si. The lowest BCUT2D eigenvalue weighted by atomic mass is 9.82. The van der Waals surface area contributed by atoms with E-state index in [0.29, 0.717) is 23.4 Å². The molecular weight excluding hydrogens is 544 g/mol. The summed E-state index contributed by atoms with van der Waals surface area (Å²) in [6, 6.07) is 25.7. The van der Waals surface area contributed by atoms with Crippen LogP contribution in [0.4, 0.5) is 17.1 Å². The van der Waals surface area contributed by atoms with Crippen molar-refractivity contribution < 1.29 is 24.2 Å². The summed E-state index contributed by atoms with van der Waals surface area (Å²) in [6.07, 6.45) is 0.133. The molecule has 214 valence electrons. The van der Waals surface area contributed by atoms with Crippen LogP contribution in [0.3, 0.4) is 0 Å². The molecule has 0 aliphatic carbocycles. The smallest absolute Gasteiger partial charge is 0.263 e. The average Bonchev–Trinajstić information content (AvgIpc) is 3.57. The number of amides is 2. The molecule has 1 saturated heterocycles. The topological polar surface area (TPSA) is 88.1 Å². The predicted molar refractivity (Wildman–Crippen MR) is 167 cm³/mol. The maximum Gasteiger partial charge on any atom is 0.263 e. The van der Waals surface area contributed by atoms with Crippen molar-refractivity contribution >= 4 is 52.9 Å². The molecule has 0 unspecified atom stereocenters. The number of anilines is 3. The largest absolute Gasteiger partial charge is 0.497 e. The Morgan fingerprint density at radius 2 is 1.76 bits per heavy atom. The maximum absolute atomic E-state index is 14.0. The van der Waals surface area contributed by atoms with Crippen LogP contribution in [0, 0.1) is 5.92 Å². The van der Waals surface area contributed by atoms with Gasteiger partial charge in [0.1, 0.15) is 5.75 Å². The second kappa shape index (κ2) is 9.52. The van der Waals surface area contributed by atoms with E-state index in [-0.39, 0.29) is 36.0 Å². The van der Waals surface area contributed by atoms with Crippen LogP contribution in [0.5, 0.6) is 5.75 Å². The number of benzene rings is 4. The first-order valence-electron chi connectivity index (χ1n) is 14.5. The minimum absolute atomic E-state index is 0.0316. The highest BCUT2D eigenvalue weighted by atomic mass is 28.3. The first-order chi connectivity index (χ1) is 20.2. The van der Waals surface area contributed by atoms with Crippen LogP contribution in [0.1, 0.15) is 29.3 Å². The van der Waals surface area contributed by atoms with Gasteiger partial charge in [0, 0.05) is 34.8 Å². The maximum atomic E-state index is 14.0. The van der Waals surface area contributed by atoms with Crippen LogP contribution in [0.2, 0.25) is 18.6 Å². The fraction of sp³-hybridized carbons (Fsp3) is 0.294. The summed E-state index contributed by atoms with van der Waals surface area (Å²) in [5.74, 6) is 0.348. The van der Waals surface area contributed by atoms with E-state index in [1.165, 1.54) is 5.19 Å². The Kier molecular flexibility index (Phi) is 6.10. The molecule has 7 nitrogen and oxygen atoms in total. The molecule has 3 aliphatic rings. The summed E-state index contributed by atoms with van der Waals surface area (Å²) < 4.78 is 12.3. The van der Waals surface area contributed by atoms with Gasteiger partial charge in [-0.1, -0.05) is 61.6 Å². The number of methoxy groups -OCH3 is 1. The van der Waals surface area contributed by atoms with E-state index in [0.717, 1.165) is 27.8 Å². The summed E-state index contributed by atoms with van der Waals surface area (Å²) in [4.78, 5) is 29.4. The predicted octanol–water partition coefficient (Wildman–Crippen LogP) is 5.69. The Morgan fingerprint density at radius 3 is 2.48 bits per heavy atom. The SMILES string of the molecule is COc1ccc([Si](C)(C)[C@H]2[C@H](CCO)O[C@@]3(C(=O)Nc4ccc(N5C(=O)c6cccc7cccc5c67)cc43)[C@@H]2C)cc1. The van der Waals surface area contributed by atoms with Crippen molar-refractivity contribution in [2.75, 3.05) is 23.9 Å². The van der Waals surface area contributed by atoms with E-state index < -0.39 is 13.7 Å². The van der Waals surface area contributed by atoms with Crippen LogP contribution in [0.25, 0.3) is 10.8 Å². The van der Waals surface area contributed by atoms with Crippen LogP contribution >= 0.6 is 0 Å². The van der Waals surface area contributed by atoms with Gasteiger partial charge >= 0.3 is 0 Å². The number of carbonyl (C=O) groups is 2. The Labute approximate surface area is 246 Å². The number of hydrogen-bond donors (Lipinski definition) is 2. The molecule has 1 fully saturated rings. The summed E-state index contributed by atoms with van der Waals surface area (Å²) >= 11 is 0. The molecule has 7 rings (SSSR count). The van der Waals surface area contributed by atoms with E-state index >= 15 is 0 Å². The Morgan fingerprint density at radius 1 is 1.02 bits per heavy atom. The van der Waals surface area contributed by atoms with Crippen LogP contribution in [-0.2, 0) is 15.1 Å². The van der Waals surface area contributed by atoms with Crippen molar-refractivity contribution in [3.8, 4) is 5.75 Å². The quantitative estimate of drug-likeness (QED) is 0.287. The van der Waals surface area contributed by atoms with Crippen LogP contribution < -0.4 is 20.1 Å². The van der Waals surface area contributed by atoms with Gasteiger partial charge < -0.3 is 19.9 Å². The number of aliphatic hydroxyl groups excluding tert-OH is 1. The molecule has 3 aliphatic heterocycles. The third-order valence-corrected chi connectivity index (χ3v) is 14.2. The van der Waals surface area contributed by atoms with Crippen LogP contribution in [-0.4, -0.2) is 44.8 Å². The molecule has 0 bridgehead atoms. The summed E-state index contributed by atoms with van der Waals surface area (Å²) in [6.45, 7) is 6.71. The average molecular weight is 579 g/mol. The molecule has 3 heterocycles. The van der Waals surface area contributed by atoms with Crippen molar-refractivity contribution in [2.45, 2.75) is 43.7 Å². The lowest BCUT2D eigenvalue weighted by Gasteiger charge is -2.37. The van der Waals surface area contributed by atoms with Gasteiger partial charge in [0.2, 0.25) is 0 Å². The molecule has 8 heteroatoms. The van der Waals surface area contributed by atoms with Gasteiger partial charge in [-0.25, -0.2) is 0 Å². The summed E-state index contributed by atoms with van der Waals surface area (Å²) in [5, 5.41) is 16.4. The van der Waals surface area contributed by atoms with Gasteiger partial charge in [-0.3, -0.25) is 14.5 Å². The highest BCUT2D eigenvalue weighted by Crippen LogP contribution is 2.59. The first kappa shape index (κ1) is 26.9. The number of rotatable bonds is 6. The van der Waals surface area contributed by atoms with Crippen molar-refractivity contribution in [1.82, 2.24) is 0 Å². The molecule has 2 amide bonds. The zero-order chi connectivity index (χ0) is 29.4. The van der Waals surface area contributed by atoms with E-state index in [1.807, 2.05) is 66.7 Å². The number of nitrogens with one attached hydrogen (secondary N) is 1. The number of nitrogens with zero attached hydrogens (tertiary/aromatic N) is 1.